The lowest BCUT2D eigenvalue weighted by atomic mass is 10.1. The number of carbonyl (C=O) groups is 2. The van der Waals surface area contributed by atoms with Crippen molar-refractivity contribution in [1.82, 2.24) is 4.98 Å². The Hall–Kier alpha value is -2.61. The second-order valence-corrected chi connectivity index (χ2v) is 6.86. The van der Waals surface area contributed by atoms with E-state index in [4.69, 9.17) is 9.47 Å². The van der Waals surface area contributed by atoms with Crippen molar-refractivity contribution < 1.29 is 24.2 Å². The molecule has 2 aromatic rings. The Morgan fingerprint density at radius 3 is 2.33 bits per heavy atom. The van der Waals surface area contributed by atoms with Gasteiger partial charge in [0.1, 0.15) is 16.2 Å². The number of rotatable bonds is 4. The third kappa shape index (κ3) is 4.45. The fourth-order valence-electron chi connectivity index (χ4n) is 1.85. The van der Waals surface area contributed by atoms with Crippen molar-refractivity contribution in [2.45, 2.75) is 26.4 Å². The lowest BCUT2D eigenvalue weighted by molar-refractivity contribution is 0.0634. The quantitative estimate of drug-likeness (QED) is 0.869. The predicted molar refractivity (Wildman–Crippen MR) is 90.9 cm³/mol. The van der Waals surface area contributed by atoms with Crippen LogP contribution < -0.4 is 10.1 Å². The van der Waals surface area contributed by atoms with Gasteiger partial charge in [-0.05, 0) is 45.0 Å². The number of carbonyl (C=O) groups excluding carboxylic acids is 1. The van der Waals surface area contributed by atoms with Crippen molar-refractivity contribution in [3.8, 4) is 17.0 Å². The van der Waals surface area contributed by atoms with Crippen molar-refractivity contribution in [2.75, 3.05) is 12.4 Å². The molecule has 2 N–H and O–H groups in total. The number of nitrogens with one attached hydrogen (secondary N) is 1. The Morgan fingerprint density at radius 2 is 1.83 bits per heavy atom. The topological polar surface area (TPSA) is 97.8 Å². The number of carboxylic acids is 1. The molecular formula is C16H18N2O5S. The third-order valence-electron chi connectivity index (χ3n) is 2.79. The molecule has 0 fully saturated rings. The number of aromatic nitrogens is 1. The number of hydrogen-bond acceptors (Lipinski definition) is 6. The van der Waals surface area contributed by atoms with Crippen molar-refractivity contribution in [2.24, 2.45) is 0 Å². The molecule has 7 nitrogen and oxygen atoms in total. The fourth-order valence-corrected chi connectivity index (χ4v) is 2.67. The van der Waals surface area contributed by atoms with E-state index in [1.807, 2.05) is 0 Å². The molecule has 2 rings (SSSR count). The maximum atomic E-state index is 11.8. The molecule has 0 bridgehead atoms. The number of anilines is 1. The first-order chi connectivity index (χ1) is 11.2. The highest BCUT2D eigenvalue weighted by molar-refractivity contribution is 7.18. The van der Waals surface area contributed by atoms with Crippen LogP contribution in [0.1, 0.15) is 30.4 Å². The Bertz CT molecular complexity index is 747. The Kier molecular flexibility index (Phi) is 5.08. The summed E-state index contributed by atoms with van der Waals surface area (Å²) in [6, 6.07) is 6.83. The van der Waals surface area contributed by atoms with Crippen LogP contribution in [0.15, 0.2) is 24.3 Å². The van der Waals surface area contributed by atoms with Gasteiger partial charge in [0.2, 0.25) is 0 Å². The molecule has 24 heavy (non-hydrogen) atoms. The third-order valence-corrected chi connectivity index (χ3v) is 3.75. The minimum atomic E-state index is -1.12. The van der Waals surface area contributed by atoms with E-state index in [-0.39, 0.29) is 15.7 Å². The smallest absolute Gasteiger partial charge is 0.413 e. The fraction of sp³-hybridized carbons (Fsp3) is 0.312. The lowest BCUT2D eigenvalue weighted by Crippen LogP contribution is -2.27. The first-order valence-electron chi connectivity index (χ1n) is 7.08. The monoisotopic (exact) mass is 350 g/mol. The van der Waals surface area contributed by atoms with Crippen LogP contribution in [0.3, 0.4) is 0 Å². The van der Waals surface area contributed by atoms with E-state index in [0.717, 1.165) is 11.3 Å². The second-order valence-electron chi connectivity index (χ2n) is 5.86. The highest BCUT2D eigenvalue weighted by Crippen LogP contribution is 2.32. The summed E-state index contributed by atoms with van der Waals surface area (Å²) in [7, 11) is 1.55. The number of thiazole rings is 1. The van der Waals surface area contributed by atoms with E-state index in [0.29, 0.717) is 11.3 Å². The van der Waals surface area contributed by atoms with Crippen molar-refractivity contribution >= 4 is 28.5 Å². The van der Waals surface area contributed by atoms with Crippen LogP contribution in [0.5, 0.6) is 5.75 Å². The van der Waals surface area contributed by atoms with Gasteiger partial charge in [-0.25, -0.2) is 14.6 Å². The number of methoxy groups -OCH3 is 1. The maximum absolute atomic E-state index is 11.8. The predicted octanol–water partition coefficient (Wildman–Crippen LogP) is 3.86. The van der Waals surface area contributed by atoms with Gasteiger partial charge in [0.05, 0.1) is 12.8 Å². The van der Waals surface area contributed by atoms with E-state index in [9.17, 15) is 14.7 Å². The highest BCUT2D eigenvalue weighted by Gasteiger charge is 2.22. The summed E-state index contributed by atoms with van der Waals surface area (Å²) < 4.78 is 10.2. The first kappa shape index (κ1) is 17.7. The van der Waals surface area contributed by atoms with E-state index >= 15 is 0 Å². The van der Waals surface area contributed by atoms with Crippen molar-refractivity contribution in [3.63, 3.8) is 0 Å². The number of benzene rings is 1. The summed E-state index contributed by atoms with van der Waals surface area (Å²) in [5.74, 6) is -0.464. The highest BCUT2D eigenvalue weighted by atomic mass is 32.1. The summed E-state index contributed by atoms with van der Waals surface area (Å²) in [6.45, 7) is 5.21. The Morgan fingerprint density at radius 1 is 1.21 bits per heavy atom. The molecule has 0 saturated heterocycles. The molecule has 0 spiro atoms. The molecule has 1 aromatic heterocycles. The van der Waals surface area contributed by atoms with Gasteiger partial charge in [-0.3, -0.25) is 5.32 Å². The number of ether oxygens (including phenoxy) is 2. The van der Waals surface area contributed by atoms with Crippen molar-refractivity contribution in [3.05, 3.63) is 29.1 Å². The summed E-state index contributed by atoms with van der Waals surface area (Å²) in [6.07, 6.45) is -0.686. The van der Waals surface area contributed by atoms with Crippen LogP contribution in [0, 0.1) is 0 Å². The normalized spacial score (nSPS) is 11.0. The first-order valence-corrected chi connectivity index (χ1v) is 7.90. The van der Waals surface area contributed by atoms with Gasteiger partial charge in [-0.15, -0.1) is 0 Å². The minimum Gasteiger partial charge on any atom is -0.497 e. The lowest BCUT2D eigenvalue weighted by Gasteiger charge is -2.18. The average molecular weight is 350 g/mol. The summed E-state index contributed by atoms with van der Waals surface area (Å²) in [5, 5.41) is 12.0. The molecule has 0 aliphatic rings. The Balaban J connectivity index is 2.29. The molecule has 8 heteroatoms. The van der Waals surface area contributed by atoms with Gasteiger partial charge in [-0.2, -0.15) is 0 Å². The molecule has 1 aromatic carbocycles. The van der Waals surface area contributed by atoms with Gasteiger partial charge in [-0.1, -0.05) is 11.3 Å². The second kappa shape index (κ2) is 6.88. The number of carboxylic acid groups (broad SMARTS) is 1. The van der Waals surface area contributed by atoms with Gasteiger partial charge >= 0.3 is 12.1 Å². The van der Waals surface area contributed by atoms with Crippen LogP contribution >= 0.6 is 11.3 Å². The molecule has 0 radical (unpaired) electrons. The van der Waals surface area contributed by atoms with Gasteiger partial charge < -0.3 is 14.6 Å². The minimum absolute atomic E-state index is 0.0335. The average Bonchev–Trinajstić information content (AvgIpc) is 2.89. The van der Waals surface area contributed by atoms with Crippen LogP contribution in [0.4, 0.5) is 9.93 Å². The zero-order valence-electron chi connectivity index (χ0n) is 13.7. The van der Waals surface area contributed by atoms with Crippen LogP contribution in [-0.2, 0) is 4.74 Å². The van der Waals surface area contributed by atoms with E-state index in [1.54, 1.807) is 52.1 Å². The van der Waals surface area contributed by atoms with E-state index in [1.165, 1.54) is 0 Å². The number of aromatic carboxylic acids is 1. The SMILES string of the molecule is COc1ccc(-c2nc(NC(=O)OC(C)(C)C)sc2C(=O)O)cc1. The largest absolute Gasteiger partial charge is 0.497 e. The van der Waals surface area contributed by atoms with Gasteiger partial charge in [0.25, 0.3) is 0 Å². The molecule has 0 unspecified atom stereocenters. The summed E-state index contributed by atoms with van der Waals surface area (Å²) >= 11 is 0.873. The summed E-state index contributed by atoms with van der Waals surface area (Å²) in [4.78, 5) is 27.5. The molecule has 0 atom stereocenters. The van der Waals surface area contributed by atoms with Crippen LogP contribution in [0.25, 0.3) is 11.3 Å². The zero-order valence-corrected chi connectivity index (χ0v) is 14.6. The van der Waals surface area contributed by atoms with Crippen molar-refractivity contribution in [1.29, 1.82) is 0 Å². The number of hydrogen-bond donors (Lipinski definition) is 2. The molecule has 0 aliphatic heterocycles. The zero-order chi connectivity index (χ0) is 17.9. The maximum Gasteiger partial charge on any atom is 0.413 e. The molecule has 1 heterocycles. The standard InChI is InChI=1S/C16H18N2O5S/c1-16(2,3)23-15(21)18-14-17-11(12(24-14)13(19)20)9-5-7-10(22-4)8-6-9/h5-8H,1-4H3,(H,19,20)(H,17,18,21). The van der Waals surface area contributed by atoms with E-state index in [2.05, 4.69) is 10.3 Å². The molecule has 0 aliphatic carbocycles. The van der Waals surface area contributed by atoms with Crippen LogP contribution in [0.2, 0.25) is 0 Å². The number of nitrogens with zero attached hydrogens (tertiary/aromatic N) is 1. The summed E-state index contributed by atoms with van der Waals surface area (Å²) in [5.41, 5.74) is 0.235. The Labute approximate surface area is 143 Å². The molecule has 0 saturated carbocycles. The van der Waals surface area contributed by atoms with Gasteiger partial charge in [0.15, 0.2) is 5.13 Å². The van der Waals surface area contributed by atoms with E-state index < -0.39 is 17.7 Å². The number of amides is 1. The molecule has 128 valence electrons. The molecular weight excluding hydrogens is 332 g/mol. The van der Waals surface area contributed by atoms with Crippen LogP contribution in [-0.4, -0.2) is 34.9 Å². The molecule has 1 amide bonds. The van der Waals surface area contributed by atoms with Gasteiger partial charge in [0, 0.05) is 5.56 Å².